The van der Waals surface area contributed by atoms with Crippen LogP contribution in [0, 0.1) is 0 Å². The number of para-hydroxylation sites is 1. The van der Waals surface area contributed by atoms with Crippen molar-refractivity contribution < 1.29 is 9.53 Å². The Morgan fingerprint density at radius 3 is 2.25 bits per heavy atom. The minimum absolute atomic E-state index is 0.468. The normalized spacial score (nSPS) is 7.83. The molecule has 0 unspecified atom stereocenters. The van der Waals surface area contributed by atoms with E-state index in [-0.39, 0.29) is 0 Å². The van der Waals surface area contributed by atoms with Gasteiger partial charge in [-0.2, -0.15) is 0 Å². The van der Waals surface area contributed by atoms with Crippen LogP contribution in [0.1, 0.15) is 0 Å². The number of benzene rings is 1. The standard InChI is InChI=1S/C7H7NO2.ClHS/c8-7(9)10-6-4-2-1-3-5-6;1-2/h1-5H,(H2,8,9);2H. The second-order valence-corrected chi connectivity index (χ2v) is 1.73. The summed E-state index contributed by atoms with van der Waals surface area (Å²) in [5, 5.41) is 0. The predicted octanol–water partition coefficient (Wildman–Crippen LogP) is 2.21. The fourth-order valence-corrected chi connectivity index (χ4v) is 0.605. The highest BCUT2D eigenvalue weighted by molar-refractivity contribution is 8.05. The van der Waals surface area contributed by atoms with E-state index in [0.717, 1.165) is 0 Å². The van der Waals surface area contributed by atoms with Gasteiger partial charge < -0.3 is 10.5 Å². The van der Waals surface area contributed by atoms with E-state index in [1.54, 1.807) is 24.3 Å². The average molecular weight is 206 g/mol. The molecule has 3 nitrogen and oxygen atoms in total. The highest BCUT2D eigenvalue weighted by atomic mass is 35.7. The van der Waals surface area contributed by atoms with Crippen LogP contribution < -0.4 is 10.5 Å². The van der Waals surface area contributed by atoms with Gasteiger partial charge in [0.2, 0.25) is 0 Å². The van der Waals surface area contributed by atoms with E-state index in [1.165, 1.54) is 0 Å². The van der Waals surface area contributed by atoms with E-state index in [4.69, 9.17) is 5.73 Å². The third kappa shape index (κ3) is 4.87. The summed E-state index contributed by atoms with van der Waals surface area (Å²) in [7, 11) is 4.33. The minimum atomic E-state index is -0.786. The van der Waals surface area contributed by atoms with Crippen LogP contribution in [0.3, 0.4) is 0 Å². The van der Waals surface area contributed by atoms with Crippen molar-refractivity contribution in [1.82, 2.24) is 0 Å². The van der Waals surface area contributed by atoms with Crippen LogP contribution >= 0.6 is 22.5 Å². The SMILES string of the molecule is NC(=O)Oc1ccccc1.SCl. The van der Waals surface area contributed by atoms with Crippen LogP contribution in [0.5, 0.6) is 5.75 Å². The van der Waals surface area contributed by atoms with Crippen LogP contribution in [0.2, 0.25) is 0 Å². The number of halogens is 1. The average Bonchev–Trinajstić information content (AvgIpc) is 2.08. The lowest BCUT2D eigenvalue weighted by molar-refractivity contribution is 0.211. The molecule has 0 spiro atoms. The summed E-state index contributed by atoms with van der Waals surface area (Å²) in [6.45, 7) is 0. The molecule has 12 heavy (non-hydrogen) atoms. The zero-order valence-corrected chi connectivity index (χ0v) is 7.76. The molecule has 0 heterocycles. The summed E-state index contributed by atoms with van der Waals surface area (Å²) in [6.07, 6.45) is -0.786. The Bertz CT molecular complexity index is 230. The molecule has 5 heteroatoms. The Kier molecular flexibility index (Phi) is 6.32. The van der Waals surface area contributed by atoms with E-state index >= 15 is 0 Å². The molecule has 0 aliphatic heterocycles. The first-order valence-electron chi connectivity index (χ1n) is 2.98. The van der Waals surface area contributed by atoms with Gasteiger partial charge in [0.25, 0.3) is 0 Å². The lowest BCUT2D eigenvalue weighted by Crippen LogP contribution is -2.15. The van der Waals surface area contributed by atoms with Crippen molar-refractivity contribution in [3.8, 4) is 5.75 Å². The molecule has 0 bridgehead atoms. The number of thiol groups is 1. The van der Waals surface area contributed by atoms with E-state index in [2.05, 4.69) is 27.3 Å². The molecule has 0 radical (unpaired) electrons. The summed E-state index contributed by atoms with van der Waals surface area (Å²) in [6, 6.07) is 8.67. The summed E-state index contributed by atoms with van der Waals surface area (Å²) >= 11 is 3.00. The van der Waals surface area contributed by atoms with Crippen molar-refractivity contribution >= 4 is 28.6 Å². The van der Waals surface area contributed by atoms with Gasteiger partial charge in [0.1, 0.15) is 5.75 Å². The first-order chi connectivity index (χ1) is 5.79. The molecule has 0 saturated heterocycles. The Balaban J connectivity index is 0.000000561. The maximum atomic E-state index is 10.2. The Morgan fingerprint density at radius 1 is 1.33 bits per heavy atom. The predicted molar refractivity (Wildman–Crippen MR) is 51.5 cm³/mol. The van der Waals surface area contributed by atoms with Gasteiger partial charge in [-0.05, 0) is 22.8 Å². The smallest absolute Gasteiger partial charge is 0.409 e. The van der Waals surface area contributed by atoms with Gasteiger partial charge in [-0.1, -0.05) is 30.0 Å². The number of ether oxygens (including phenoxy) is 1. The Labute approximate surface area is 80.4 Å². The molecular formula is C7H8ClNO2S. The van der Waals surface area contributed by atoms with Gasteiger partial charge in [0.15, 0.2) is 0 Å². The van der Waals surface area contributed by atoms with Crippen molar-refractivity contribution in [1.29, 1.82) is 0 Å². The highest BCUT2D eigenvalue weighted by Gasteiger charge is 1.93. The highest BCUT2D eigenvalue weighted by Crippen LogP contribution is 2.07. The number of carbonyl (C=O) groups is 1. The van der Waals surface area contributed by atoms with Crippen molar-refractivity contribution in [2.24, 2.45) is 5.73 Å². The molecule has 1 rings (SSSR count). The number of nitrogens with two attached hydrogens (primary N) is 1. The number of amides is 1. The third-order valence-electron chi connectivity index (χ3n) is 0.962. The molecule has 2 N–H and O–H groups in total. The third-order valence-corrected chi connectivity index (χ3v) is 0.962. The second-order valence-electron chi connectivity index (χ2n) is 1.73. The van der Waals surface area contributed by atoms with Gasteiger partial charge in [-0.15, -0.1) is 0 Å². The second kappa shape index (κ2) is 6.82. The molecule has 1 aromatic rings. The molecule has 0 atom stereocenters. The van der Waals surface area contributed by atoms with Crippen LogP contribution in [0.15, 0.2) is 30.3 Å². The number of carbonyl (C=O) groups excluding carboxylic acids is 1. The molecule has 0 aliphatic carbocycles. The van der Waals surface area contributed by atoms with Gasteiger partial charge in [0, 0.05) is 0 Å². The molecular weight excluding hydrogens is 198 g/mol. The summed E-state index contributed by atoms with van der Waals surface area (Å²) in [5.41, 5.74) is 4.76. The fourth-order valence-electron chi connectivity index (χ4n) is 0.605. The van der Waals surface area contributed by atoms with Gasteiger partial charge in [0.05, 0.1) is 0 Å². The first-order valence-corrected chi connectivity index (χ1v) is 4.33. The van der Waals surface area contributed by atoms with Crippen molar-refractivity contribution in [2.45, 2.75) is 0 Å². The molecule has 0 saturated carbocycles. The zero-order valence-electron chi connectivity index (χ0n) is 6.11. The summed E-state index contributed by atoms with van der Waals surface area (Å²) in [4.78, 5) is 10.2. The monoisotopic (exact) mass is 205 g/mol. The minimum Gasteiger partial charge on any atom is -0.411 e. The molecule has 0 fully saturated rings. The topological polar surface area (TPSA) is 52.3 Å². The van der Waals surface area contributed by atoms with E-state index in [1.807, 2.05) is 6.07 Å². The van der Waals surface area contributed by atoms with Crippen LogP contribution in [-0.4, -0.2) is 6.09 Å². The van der Waals surface area contributed by atoms with Gasteiger partial charge >= 0.3 is 6.09 Å². The van der Waals surface area contributed by atoms with E-state index in [0.29, 0.717) is 5.75 Å². The summed E-state index contributed by atoms with van der Waals surface area (Å²) < 4.78 is 4.55. The molecule has 1 aromatic carbocycles. The zero-order chi connectivity index (χ0) is 9.40. The maximum absolute atomic E-state index is 10.2. The number of primary amides is 1. The van der Waals surface area contributed by atoms with Crippen molar-refractivity contribution in [3.05, 3.63) is 30.3 Å². The van der Waals surface area contributed by atoms with Crippen LogP contribution in [0.4, 0.5) is 4.79 Å². The lowest BCUT2D eigenvalue weighted by atomic mass is 10.3. The lowest BCUT2D eigenvalue weighted by Gasteiger charge is -1.96. The molecule has 0 aliphatic rings. The fraction of sp³-hybridized carbons (Fsp3) is 0. The quantitative estimate of drug-likeness (QED) is 0.691. The molecule has 0 aromatic heterocycles. The van der Waals surface area contributed by atoms with E-state index < -0.39 is 6.09 Å². The number of hydrogen-bond acceptors (Lipinski definition) is 3. The Morgan fingerprint density at radius 2 is 1.83 bits per heavy atom. The van der Waals surface area contributed by atoms with Crippen molar-refractivity contribution in [3.63, 3.8) is 0 Å². The maximum Gasteiger partial charge on any atom is 0.409 e. The van der Waals surface area contributed by atoms with Crippen LogP contribution in [0.25, 0.3) is 0 Å². The van der Waals surface area contributed by atoms with Gasteiger partial charge in [-0.25, -0.2) is 4.79 Å². The Hall–Kier alpha value is -0.870. The molecule has 66 valence electrons. The first kappa shape index (κ1) is 11.1. The number of rotatable bonds is 1. The van der Waals surface area contributed by atoms with Crippen molar-refractivity contribution in [2.75, 3.05) is 0 Å². The van der Waals surface area contributed by atoms with Crippen LogP contribution in [-0.2, 0) is 0 Å². The molecule has 1 amide bonds. The van der Waals surface area contributed by atoms with E-state index in [9.17, 15) is 4.79 Å². The summed E-state index contributed by atoms with van der Waals surface area (Å²) in [5.74, 6) is 0.468. The number of hydrogen-bond donors (Lipinski definition) is 2. The van der Waals surface area contributed by atoms with Gasteiger partial charge in [-0.3, -0.25) is 0 Å². The largest absolute Gasteiger partial charge is 0.411 e.